The van der Waals surface area contributed by atoms with Gasteiger partial charge in [0.25, 0.3) is 0 Å². The highest BCUT2D eigenvalue weighted by Gasteiger charge is 2.25. The number of aromatic nitrogens is 3. The van der Waals surface area contributed by atoms with Crippen LogP contribution in [-0.2, 0) is 0 Å². The zero-order valence-electron chi connectivity index (χ0n) is 11.6. The normalized spacial score (nSPS) is 24.1. The number of rotatable bonds is 2. The lowest BCUT2D eigenvalue weighted by Crippen LogP contribution is -2.41. The molecule has 6 heteroatoms. The zero-order valence-corrected chi connectivity index (χ0v) is 11.6. The highest BCUT2D eigenvalue weighted by Crippen LogP contribution is 2.26. The third-order valence-corrected chi connectivity index (χ3v) is 3.42. The van der Waals surface area contributed by atoms with E-state index in [1.165, 1.54) is 12.8 Å². The fourth-order valence-electron chi connectivity index (χ4n) is 2.40. The molecule has 1 saturated heterocycles. The molecule has 1 aliphatic heterocycles. The Kier molecular flexibility index (Phi) is 3.54. The van der Waals surface area contributed by atoms with E-state index in [0.29, 0.717) is 17.9 Å². The number of nitrogens with zero attached hydrogens (tertiary/aromatic N) is 5. The molecule has 1 aromatic heterocycles. The summed E-state index contributed by atoms with van der Waals surface area (Å²) in [6.45, 7) is 5.49. The number of nitrogens with two attached hydrogens (primary N) is 1. The maximum Gasteiger partial charge on any atom is 0.232 e. The lowest BCUT2D eigenvalue weighted by Gasteiger charge is -2.36. The molecule has 2 atom stereocenters. The summed E-state index contributed by atoms with van der Waals surface area (Å²) in [5, 5.41) is 0. The average Bonchev–Trinajstić information content (AvgIpc) is 2.27. The van der Waals surface area contributed by atoms with Crippen molar-refractivity contribution < 1.29 is 0 Å². The van der Waals surface area contributed by atoms with Gasteiger partial charge in [0.15, 0.2) is 0 Å². The van der Waals surface area contributed by atoms with Crippen LogP contribution in [0.1, 0.15) is 26.7 Å². The van der Waals surface area contributed by atoms with Gasteiger partial charge in [-0.15, -0.1) is 0 Å². The Morgan fingerprint density at radius 2 is 1.94 bits per heavy atom. The van der Waals surface area contributed by atoms with Crippen LogP contribution in [0.3, 0.4) is 0 Å². The van der Waals surface area contributed by atoms with E-state index >= 15 is 0 Å². The molecule has 0 aliphatic carbocycles. The Hall–Kier alpha value is -1.59. The van der Waals surface area contributed by atoms with Gasteiger partial charge in [-0.25, -0.2) is 0 Å². The summed E-state index contributed by atoms with van der Waals surface area (Å²) < 4.78 is 0. The summed E-state index contributed by atoms with van der Waals surface area (Å²) in [7, 11) is 3.81. The first-order chi connectivity index (χ1) is 8.47. The first-order valence-electron chi connectivity index (χ1n) is 6.43. The lowest BCUT2D eigenvalue weighted by atomic mass is 9.94. The number of nitrogen functional groups attached to an aromatic ring is 1. The van der Waals surface area contributed by atoms with Gasteiger partial charge in [0, 0.05) is 26.7 Å². The van der Waals surface area contributed by atoms with E-state index in [-0.39, 0.29) is 5.95 Å². The molecule has 2 heterocycles. The van der Waals surface area contributed by atoms with Crippen LogP contribution in [0.15, 0.2) is 0 Å². The summed E-state index contributed by atoms with van der Waals surface area (Å²) >= 11 is 0. The van der Waals surface area contributed by atoms with Gasteiger partial charge in [0.1, 0.15) is 0 Å². The Bertz CT molecular complexity index is 419. The van der Waals surface area contributed by atoms with Crippen LogP contribution in [0.25, 0.3) is 0 Å². The largest absolute Gasteiger partial charge is 0.368 e. The highest BCUT2D eigenvalue weighted by molar-refractivity contribution is 5.43. The minimum atomic E-state index is 0.287. The monoisotopic (exact) mass is 250 g/mol. The van der Waals surface area contributed by atoms with Crippen molar-refractivity contribution >= 4 is 17.8 Å². The molecule has 6 nitrogen and oxygen atoms in total. The van der Waals surface area contributed by atoms with Gasteiger partial charge in [0.05, 0.1) is 0 Å². The molecule has 0 radical (unpaired) electrons. The molecule has 2 rings (SSSR count). The van der Waals surface area contributed by atoms with Crippen LogP contribution >= 0.6 is 0 Å². The summed E-state index contributed by atoms with van der Waals surface area (Å²) in [5.74, 6) is 2.37. The SMILES string of the molecule is CC1CCN(c2nc(N)nc(N(C)C)n2)C(C)C1. The van der Waals surface area contributed by atoms with Crippen molar-refractivity contribution in [2.75, 3.05) is 36.2 Å². The Morgan fingerprint density at radius 3 is 2.56 bits per heavy atom. The standard InChI is InChI=1S/C12H22N6/c1-8-5-6-18(9(2)7-8)12-15-10(13)14-11(16-12)17(3)4/h8-9H,5-7H2,1-4H3,(H2,13,14,15,16). The van der Waals surface area contributed by atoms with Gasteiger partial charge in [-0.3, -0.25) is 0 Å². The third kappa shape index (κ3) is 2.63. The van der Waals surface area contributed by atoms with E-state index in [2.05, 4.69) is 33.7 Å². The molecule has 0 spiro atoms. The Labute approximate surface area is 108 Å². The summed E-state index contributed by atoms with van der Waals surface area (Å²) in [6, 6.07) is 0.450. The van der Waals surface area contributed by atoms with Crippen LogP contribution in [0.5, 0.6) is 0 Å². The van der Waals surface area contributed by atoms with Crippen LogP contribution in [-0.4, -0.2) is 41.6 Å². The maximum absolute atomic E-state index is 5.76. The minimum absolute atomic E-state index is 0.287. The summed E-state index contributed by atoms with van der Waals surface area (Å²) in [5.41, 5.74) is 5.76. The quantitative estimate of drug-likeness (QED) is 0.849. The van der Waals surface area contributed by atoms with Crippen LogP contribution in [0.4, 0.5) is 17.8 Å². The van der Waals surface area contributed by atoms with Crippen molar-refractivity contribution in [3.8, 4) is 0 Å². The molecule has 2 N–H and O–H groups in total. The van der Waals surface area contributed by atoms with E-state index < -0.39 is 0 Å². The van der Waals surface area contributed by atoms with Gasteiger partial charge in [-0.05, 0) is 25.7 Å². The Morgan fingerprint density at radius 1 is 1.22 bits per heavy atom. The minimum Gasteiger partial charge on any atom is -0.368 e. The van der Waals surface area contributed by atoms with Gasteiger partial charge in [-0.1, -0.05) is 6.92 Å². The van der Waals surface area contributed by atoms with Crippen molar-refractivity contribution in [3.05, 3.63) is 0 Å². The second kappa shape index (κ2) is 4.96. The number of hydrogen-bond donors (Lipinski definition) is 1. The molecule has 100 valence electrons. The van der Waals surface area contributed by atoms with Crippen LogP contribution in [0.2, 0.25) is 0 Å². The smallest absolute Gasteiger partial charge is 0.232 e. The van der Waals surface area contributed by atoms with E-state index in [1.54, 1.807) is 0 Å². The molecular formula is C12H22N6. The molecule has 0 aromatic carbocycles. The van der Waals surface area contributed by atoms with E-state index in [9.17, 15) is 0 Å². The molecule has 0 saturated carbocycles. The van der Waals surface area contributed by atoms with Crippen molar-refractivity contribution in [1.82, 2.24) is 15.0 Å². The molecule has 1 fully saturated rings. The number of hydrogen-bond acceptors (Lipinski definition) is 6. The highest BCUT2D eigenvalue weighted by atomic mass is 15.3. The van der Waals surface area contributed by atoms with Crippen LogP contribution < -0.4 is 15.5 Å². The topological polar surface area (TPSA) is 71.2 Å². The van der Waals surface area contributed by atoms with E-state index in [0.717, 1.165) is 12.5 Å². The lowest BCUT2D eigenvalue weighted by molar-refractivity contribution is 0.374. The first-order valence-corrected chi connectivity index (χ1v) is 6.43. The summed E-state index contributed by atoms with van der Waals surface area (Å²) in [6.07, 6.45) is 2.34. The molecule has 1 aliphatic rings. The van der Waals surface area contributed by atoms with Crippen molar-refractivity contribution in [3.63, 3.8) is 0 Å². The van der Waals surface area contributed by atoms with Crippen LogP contribution in [0, 0.1) is 5.92 Å². The second-order valence-corrected chi connectivity index (χ2v) is 5.36. The number of anilines is 3. The zero-order chi connectivity index (χ0) is 13.3. The number of piperidine rings is 1. The van der Waals surface area contributed by atoms with Gasteiger partial charge >= 0.3 is 0 Å². The molecule has 1 aromatic rings. The van der Waals surface area contributed by atoms with Crippen molar-refractivity contribution in [1.29, 1.82) is 0 Å². The molecule has 18 heavy (non-hydrogen) atoms. The van der Waals surface area contributed by atoms with Gasteiger partial charge in [0.2, 0.25) is 17.8 Å². The van der Waals surface area contributed by atoms with Gasteiger partial charge < -0.3 is 15.5 Å². The Balaban J connectivity index is 2.27. The van der Waals surface area contributed by atoms with Crippen molar-refractivity contribution in [2.45, 2.75) is 32.7 Å². The molecule has 0 amide bonds. The molecule has 2 unspecified atom stereocenters. The predicted molar refractivity (Wildman–Crippen MR) is 73.8 cm³/mol. The van der Waals surface area contributed by atoms with Gasteiger partial charge in [-0.2, -0.15) is 15.0 Å². The van der Waals surface area contributed by atoms with E-state index in [1.807, 2.05) is 19.0 Å². The molecular weight excluding hydrogens is 228 g/mol. The molecule has 0 bridgehead atoms. The maximum atomic E-state index is 5.76. The second-order valence-electron chi connectivity index (χ2n) is 5.36. The average molecular weight is 250 g/mol. The third-order valence-electron chi connectivity index (χ3n) is 3.42. The fourth-order valence-corrected chi connectivity index (χ4v) is 2.40. The predicted octanol–water partition coefficient (Wildman–Crippen LogP) is 1.14. The first kappa shape index (κ1) is 12.9. The van der Waals surface area contributed by atoms with Crippen molar-refractivity contribution in [2.24, 2.45) is 5.92 Å². The fraction of sp³-hybridized carbons (Fsp3) is 0.750. The summed E-state index contributed by atoms with van der Waals surface area (Å²) in [4.78, 5) is 16.9. The van der Waals surface area contributed by atoms with E-state index in [4.69, 9.17) is 5.73 Å².